The number of aliphatic hydroxyl groups is 1. The number of nitrogens with one attached hydrogen (secondary N) is 1. The van der Waals surface area contributed by atoms with Crippen LogP contribution in [0.1, 0.15) is 98.3 Å². The Morgan fingerprint density at radius 1 is 1.04 bits per heavy atom. The highest BCUT2D eigenvalue weighted by Crippen LogP contribution is 2.30. The van der Waals surface area contributed by atoms with Gasteiger partial charge in [0, 0.05) is 39.5 Å². The van der Waals surface area contributed by atoms with Gasteiger partial charge in [-0.3, -0.25) is 24.0 Å². The minimum atomic E-state index is -1.17. The minimum absolute atomic E-state index is 0.0721. The predicted octanol–water partition coefficient (Wildman–Crippen LogP) is 2.95. The number of aliphatic hydroxyl groups excluding tert-OH is 1. The molecule has 1 heterocycles. The van der Waals surface area contributed by atoms with Gasteiger partial charge in [-0.15, -0.1) is 0 Å². The van der Waals surface area contributed by atoms with Gasteiger partial charge < -0.3 is 30.9 Å². The third-order valence-electron chi connectivity index (χ3n) is 10.2. The Labute approximate surface area is 281 Å². The number of carbonyl (C=O) groups excluding carboxylic acids is 5. The normalized spacial score (nSPS) is 22.8. The van der Waals surface area contributed by atoms with E-state index in [-0.39, 0.29) is 23.7 Å². The zero-order valence-corrected chi connectivity index (χ0v) is 29.5. The molecule has 1 aliphatic heterocycles. The maximum atomic E-state index is 14.0. The molecule has 3 aliphatic rings. The molecule has 0 aromatic carbocycles. The fourth-order valence-corrected chi connectivity index (χ4v) is 6.65. The molecule has 47 heavy (non-hydrogen) atoms. The number of ketones is 1. The SMILES string of the molecule is CC(C)C[C@@H](C(=O)N[C@@H](CC1C=CC(CCCC2CCC2=O)=CC1)C(=O)N1CCCCC1)N(C)C(=O)[C@H](C)N(C)C(=O)[C@@H](N)[C@@H](C)O. The zero-order valence-electron chi connectivity index (χ0n) is 29.5. The Morgan fingerprint density at radius 3 is 2.26 bits per heavy atom. The first-order chi connectivity index (χ1) is 22.2. The average molecular weight is 658 g/mol. The number of carbonyl (C=O) groups is 5. The maximum Gasteiger partial charge on any atom is 0.245 e. The molecule has 11 nitrogen and oxygen atoms in total. The Balaban J connectivity index is 1.70. The number of hydrogen-bond donors (Lipinski definition) is 3. The average Bonchev–Trinajstić information content (AvgIpc) is 3.06. The van der Waals surface area contributed by atoms with Crippen LogP contribution in [0.5, 0.6) is 0 Å². The van der Waals surface area contributed by atoms with Crippen LogP contribution in [0.25, 0.3) is 0 Å². The van der Waals surface area contributed by atoms with Gasteiger partial charge in [0.25, 0.3) is 0 Å². The molecule has 2 aliphatic carbocycles. The highest BCUT2D eigenvalue weighted by molar-refractivity contribution is 5.94. The molecule has 0 bridgehead atoms. The monoisotopic (exact) mass is 657 g/mol. The van der Waals surface area contributed by atoms with E-state index < -0.39 is 48.0 Å². The number of likely N-dealkylation sites (tertiary alicyclic amines) is 1. The van der Waals surface area contributed by atoms with E-state index in [1.165, 1.54) is 29.3 Å². The van der Waals surface area contributed by atoms with Crippen molar-refractivity contribution in [3.63, 3.8) is 0 Å². The molecule has 0 aromatic rings. The molecular formula is C36H59N5O6. The quantitative estimate of drug-likeness (QED) is 0.231. The molecule has 3 rings (SSSR count). The van der Waals surface area contributed by atoms with Crippen molar-refractivity contribution in [2.75, 3.05) is 27.2 Å². The first kappa shape index (κ1) is 38.4. The van der Waals surface area contributed by atoms with Crippen molar-refractivity contribution in [3.05, 3.63) is 23.8 Å². The topological polar surface area (TPSA) is 153 Å². The van der Waals surface area contributed by atoms with Crippen molar-refractivity contribution in [3.8, 4) is 0 Å². The lowest BCUT2D eigenvalue weighted by Gasteiger charge is -2.36. The lowest BCUT2D eigenvalue weighted by molar-refractivity contribution is -0.149. The number of Topliss-reactive ketones (excluding diaryl/α,β-unsaturated/α-hetero) is 1. The summed E-state index contributed by atoms with van der Waals surface area (Å²) in [4.78, 5) is 70.3. The lowest BCUT2D eigenvalue weighted by atomic mass is 9.80. The van der Waals surface area contributed by atoms with Crippen LogP contribution in [0, 0.1) is 17.8 Å². The number of hydrogen-bond acceptors (Lipinski definition) is 7. The molecule has 2 fully saturated rings. The van der Waals surface area contributed by atoms with Crippen molar-refractivity contribution in [1.82, 2.24) is 20.0 Å². The van der Waals surface area contributed by atoms with Gasteiger partial charge in [0.2, 0.25) is 23.6 Å². The summed E-state index contributed by atoms with van der Waals surface area (Å²) >= 11 is 0. The molecule has 11 heteroatoms. The van der Waals surface area contributed by atoms with Gasteiger partial charge in [-0.05, 0) is 89.9 Å². The number of nitrogens with two attached hydrogens (primary N) is 1. The second-order valence-corrected chi connectivity index (χ2v) is 14.4. The number of likely N-dealkylation sites (N-methyl/N-ethyl adjacent to an activating group) is 2. The molecule has 1 saturated heterocycles. The van der Waals surface area contributed by atoms with Crippen LogP contribution >= 0.6 is 0 Å². The summed E-state index contributed by atoms with van der Waals surface area (Å²) in [5.74, 6) is -0.706. The summed E-state index contributed by atoms with van der Waals surface area (Å²) in [5.41, 5.74) is 7.09. The van der Waals surface area contributed by atoms with E-state index in [4.69, 9.17) is 5.73 Å². The number of nitrogens with zero attached hydrogens (tertiary/aromatic N) is 3. The number of allylic oxidation sites excluding steroid dienone is 4. The maximum absolute atomic E-state index is 14.0. The van der Waals surface area contributed by atoms with E-state index in [1.54, 1.807) is 14.0 Å². The highest BCUT2D eigenvalue weighted by atomic mass is 16.3. The molecule has 0 spiro atoms. The van der Waals surface area contributed by atoms with E-state index in [9.17, 15) is 29.1 Å². The Morgan fingerprint density at radius 2 is 1.72 bits per heavy atom. The van der Waals surface area contributed by atoms with E-state index in [2.05, 4.69) is 23.5 Å². The van der Waals surface area contributed by atoms with Crippen LogP contribution in [-0.4, -0.2) is 107 Å². The molecular weight excluding hydrogens is 598 g/mol. The standard InChI is InChI=1S/C36H59N5O6/c1-23(2)21-30(40(6)34(45)24(3)39(5)36(47)32(37)25(4)42)33(44)38-29(35(46)41-19-8-7-9-20-41)22-27-15-13-26(14-16-27)11-10-12-28-17-18-31(28)43/h13-15,23-25,27-30,32,42H,7-12,16-22,37H2,1-6H3,(H,38,44)/t24-,25+,27?,28?,29-,30-,32-/m0/s1. The third kappa shape index (κ3) is 10.7. The summed E-state index contributed by atoms with van der Waals surface area (Å²) in [6, 6.07) is -3.69. The van der Waals surface area contributed by atoms with Gasteiger partial charge >= 0.3 is 0 Å². The van der Waals surface area contributed by atoms with Crippen LogP contribution < -0.4 is 11.1 Å². The lowest BCUT2D eigenvalue weighted by Crippen LogP contribution is -2.59. The van der Waals surface area contributed by atoms with E-state index in [0.29, 0.717) is 31.7 Å². The molecule has 0 aromatic heterocycles. The smallest absolute Gasteiger partial charge is 0.245 e. The molecule has 4 N–H and O–H groups in total. The summed E-state index contributed by atoms with van der Waals surface area (Å²) in [7, 11) is 3.01. The summed E-state index contributed by atoms with van der Waals surface area (Å²) in [5, 5.41) is 12.8. The van der Waals surface area contributed by atoms with E-state index in [1.807, 2.05) is 18.7 Å². The number of piperidine rings is 1. The van der Waals surface area contributed by atoms with E-state index >= 15 is 0 Å². The fourth-order valence-electron chi connectivity index (χ4n) is 6.65. The molecule has 2 unspecified atom stereocenters. The first-order valence-electron chi connectivity index (χ1n) is 17.7. The van der Waals surface area contributed by atoms with Gasteiger partial charge in [-0.2, -0.15) is 0 Å². The summed E-state index contributed by atoms with van der Waals surface area (Å²) in [6.07, 6.45) is 14.6. The van der Waals surface area contributed by atoms with Gasteiger partial charge in [-0.25, -0.2) is 0 Å². The number of amides is 4. The van der Waals surface area contributed by atoms with Crippen LogP contribution in [0.3, 0.4) is 0 Å². The van der Waals surface area contributed by atoms with Crippen molar-refractivity contribution < 1.29 is 29.1 Å². The molecule has 7 atom stereocenters. The van der Waals surface area contributed by atoms with Crippen LogP contribution in [0.2, 0.25) is 0 Å². The predicted molar refractivity (Wildman–Crippen MR) is 182 cm³/mol. The highest BCUT2D eigenvalue weighted by Gasteiger charge is 2.37. The summed E-state index contributed by atoms with van der Waals surface area (Å²) < 4.78 is 0. The molecule has 264 valence electrons. The van der Waals surface area contributed by atoms with Crippen LogP contribution in [0.4, 0.5) is 0 Å². The van der Waals surface area contributed by atoms with Crippen LogP contribution in [-0.2, 0) is 24.0 Å². The largest absolute Gasteiger partial charge is 0.391 e. The second-order valence-electron chi connectivity index (χ2n) is 14.4. The Hall–Kier alpha value is -3.05. The van der Waals surface area contributed by atoms with Crippen molar-refractivity contribution in [2.45, 2.75) is 129 Å². The molecule has 0 radical (unpaired) electrons. The Kier molecular flexibility index (Phi) is 14.6. The van der Waals surface area contributed by atoms with Crippen molar-refractivity contribution in [2.24, 2.45) is 23.5 Å². The fraction of sp³-hybridized carbons (Fsp3) is 0.750. The Bertz CT molecular complexity index is 1180. The van der Waals surface area contributed by atoms with Crippen molar-refractivity contribution >= 4 is 29.4 Å². The molecule has 1 saturated carbocycles. The zero-order chi connectivity index (χ0) is 34.8. The van der Waals surface area contributed by atoms with Gasteiger partial charge in [0.1, 0.15) is 30.0 Å². The van der Waals surface area contributed by atoms with Gasteiger partial charge in [-0.1, -0.05) is 37.6 Å². The van der Waals surface area contributed by atoms with Gasteiger partial charge in [0.05, 0.1) is 6.10 Å². The van der Waals surface area contributed by atoms with E-state index in [0.717, 1.165) is 57.8 Å². The first-order valence-corrected chi connectivity index (χ1v) is 17.7. The number of rotatable bonds is 16. The molecule has 4 amide bonds. The third-order valence-corrected chi connectivity index (χ3v) is 10.2. The van der Waals surface area contributed by atoms with Crippen molar-refractivity contribution in [1.29, 1.82) is 0 Å². The van der Waals surface area contributed by atoms with Crippen LogP contribution in [0.15, 0.2) is 23.8 Å². The van der Waals surface area contributed by atoms with Gasteiger partial charge in [0.15, 0.2) is 0 Å². The second kappa shape index (κ2) is 17.9. The minimum Gasteiger partial charge on any atom is -0.391 e. The summed E-state index contributed by atoms with van der Waals surface area (Å²) in [6.45, 7) is 8.26.